The molecule has 0 fully saturated rings. The van der Waals surface area contributed by atoms with Gasteiger partial charge in [0.1, 0.15) is 5.78 Å². The van der Waals surface area contributed by atoms with Crippen molar-refractivity contribution < 1.29 is 14.7 Å². The number of hydrogen-bond donors (Lipinski definition) is 1. The molecule has 1 aliphatic rings. The molecule has 4 nitrogen and oxygen atoms in total. The number of fused-ring (bicyclic) bond motifs is 1. The van der Waals surface area contributed by atoms with Gasteiger partial charge in [-0.25, -0.2) is 0 Å². The summed E-state index contributed by atoms with van der Waals surface area (Å²) >= 11 is 3.36. The lowest BCUT2D eigenvalue weighted by Gasteiger charge is -2.26. The van der Waals surface area contributed by atoms with E-state index in [1.54, 1.807) is 32.9 Å². The number of rotatable bonds is 3. The summed E-state index contributed by atoms with van der Waals surface area (Å²) < 4.78 is 0.772. The number of carbonyl (C=O) groups is 2. The van der Waals surface area contributed by atoms with Crippen molar-refractivity contribution in [1.29, 1.82) is 0 Å². The number of nitrogens with zero attached hydrogens (tertiary/aromatic N) is 1. The third-order valence-corrected chi connectivity index (χ3v) is 4.36. The quantitative estimate of drug-likeness (QED) is 0.908. The Morgan fingerprint density at radius 1 is 1.38 bits per heavy atom. The van der Waals surface area contributed by atoms with Crippen molar-refractivity contribution in [2.45, 2.75) is 39.7 Å². The maximum atomic E-state index is 12.6. The highest BCUT2D eigenvalue weighted by molar-refractivity contribution is 9.10. The summed E-state index contributed by atoms with van der Waals surface area (Å²) in [5.74, 6) is -0.557. The van der Waals surface area contributed by atoms with Crippen LogP contribution < -0.4 is 4.90 Å². The van der Waals surface area contributed by atoms with Crippen LogP contribution in [-0.2, 0) is 15.2 Å². The van der Waals surface area contributed by atoms with Gasteiger partial charge >= 0.3 is 0 Å². The van der Waals surface area contributed by atoms with Crippen LogP contribution in [-0.4, -0.2) is 23.3 Å². The van der Waals surface area contributed by atoms with Gasteiger partial charge in [0.15, 0.2) is 5.60 Å². The maximum absolute atomic E-state index is 12.6. The van der Waals surface area contributed by atoms with Gasteiger partial charge < -0.3 is 10.0 Å². The Hall–Kier alpha value is -1.20. The summed E-state index contributed by atoms with van der Waals surface area (Å²) in [4.78, 5) is 26.4. The summed E-state index contributed by atoms with van der Waals surface area (Å²) in [7, 11) is 0. The van der Waals surface area contributed by atoms with E-state index < -0.39 is 16.9 Å². The predicted octanol–water partition coefficient (Wildman–Crippen LogP) is 3.01. The maximum Gasteiger partial charge on any atom is 0.264 e. The standard InChI is InChI=1S/C16H20BrNO3/c1-5-18-12-7-6-10(17)8-11(12)16(21,14(18)20)9-13(19)15(2,3)4/h6-8,21H,5,9H2,1-4H3/t16-/m1/s1. The molecule has 5 heteroatoms. The highest BCUT2D eigenvalue weighted by Crippen LogP contribution is 2.44. The minimum atomic E-state index is -1.76. The van der Waals surface area contributed by atoms with E-state index in [1.165, 1.54) is 4.90 Å². The van der Waals surface area contributed by atoms with E-state index in [1.807, 2.05) is 13.0 Å². The Morgan fingerprint density at radius 2 is 2.00 bits per heavy atom. The summed E-state index contributed by atoms with van der Waals surface area (Å²) in [5, 5.41) is 10.9. The molecule has 1 heterocycles. The summed E-state index contributed by atoms with van der Waals surface area (Å²) in [6.07, 6.45) is -0.199. The fourth-order valence-corrected chi connectivity index (χ4v) is 2.87. The van der Waals surface area contributed by atoms with Crippen LogP contribution in [0.1, 0.15) is 39.7 Å². The van der Waals surface area contributed by atoms with E-state index in [0.29, 0.717) is 17.8 Å². The van der Waals surface area contributed by atoms with Crippen molar-refractivity contribution in [3.63, 3.8) is 0 Å². The highest BCUT2D eigenvalue weighted by atomic mass is 79.9. The van der Waals surface area contributed by atoms with Gasteiger partial charge in [-0.2, -0.15) is 0 Å². The molecule has 0 saturated heterocycles. The predicted molar refractivity (Wildman–Crippen MR) is 85.1 cm³/mol. The molecule has 21 heavy (non-hydrogen) atoms. The zero-order valence-electron chi connectivity index (χ0n) is 12.7. The van der Waals surface area contributed by atoms with Crippen LogP contribution in [0.5, 0.6) is 0 Å². The average Bonchev–Trinajstić information content (AvgIpc) is 2.58. The zero-order valence-corrected chi connectivity index (χ0v) is 14.3. The average molecular weight is 354 g/mol. The zero-order chi connectivity index (χ0) is 16.0. The molecular formula is C16H20BrNO3. The molecule has 0 aromatic heterocycles. The second-order valence-electron chi connectivity index (χ2n) is 6.42. The molecular weight excluding hydrogens is 334 g/mol. The number of Topliss-reactive ketones (excluding diaryl/α,β-unsaturated/α-hetero) is 1. The Labute approximate surface area is 133 Å². The van der Waals surface area contributed by atoms with Gasteiger partial charge in [-0.1, -0.05) is 36.7 Å². The Balaban J connectivity index is 2.51. The van der Waals surface area contributed by atoms with Crippen molar-refractivity contribution >= 4 is 33.3 Å². The number of aliphatic hydroxyl groups is 1. The third kappa shape index (κ3) is 2.64. The number of amides is 1. The summed E-state index contributed by atoms with van der Waals surface area (Å²) in [6, 6.07) is 5.34. The first-order valence-corrected chi connectivity index (χ1v) is 7.78. The number of ketones is 1. The highest BCUT2D eigenvalue weighted by Gasteiger charge is 2.51. The molecule has 1 aliphatic heterocycles. The fourth-order valence-electron chi connectivity index (χ4n) is 2.51. The lowest BCUT2D eigenvalue weighted by Crippen LogP contribution is -2.43. The van der Waals surface area contributed by atoms with Gasteiger partial charge in [-0.05, 0) is 25.1 Å². The third-order valence-electron chi connectivity index (χ3n) is 3.86. The Morgan fingerprint density at radius 3 is 2.52 bits per heavy atom. The number of likely N-dealkylation sites (N-methyl/N-ethyl adjacent to an activating group) is 1. The molecule has 0 saturated carbocycles. The second kappa shape index (κ2) is 5.21. The van der Waals surface area contributed by atoms with E-state index in [4.69, 9.17) is 0 Å². The lowest BCUT2D eigenvalue weighted by molar-refractivity contribution is -0.144. The van der Waals surface area contributed by atoms with Crippen molar-refractivity contribution in [2.24, 2.45) is 5.41 Å². The SMILES string of the molecule is CCN1C(=O)[C@@](O)(CC(=O)C(C)(C)C)c2cc(Br)ccc21. The van der Waals surface area contributed by atoms with E-state index in [2.05, 4.69) is 15.9 Å². The van der Waals surface area contributed by atoms with Crippen molar-refractivity contribution in [2.75, 3.05) is 11.4 Å². The molecule has 0 unspecified atom stereocenters. The van der Waals surface area contributed by atoms with Crippen LogP contribution in [0.4, 0.5) is 5.69 Å². The van der Waals surface area contributed by atoms with Gasteiger partial charge in [0.25, 0.3) is 5.91 Å². The van der Waals surface area contributed by atoms with Gasteiger partial charge in [0, 0.05) is 28.4 Å². The topological polar surface area (TPSA) is 57.6 Å². The summed E-state index contributed by atoms with van der Waals surface area (Å²) in [6.45, 7) is 7.67. The lowest BCUT2D eigenvalue weighted by atomic mass is 9.81. The number of halogens is 1. The summed E-state index contributed by atoms with van der Waals surface area (Å²) in [5.41, 5.74) is -1.18. The number of benzene rings is 1. The molecule has 0 aliphatic carbocycles. The molecule has 1 amide bonds. The molecule has 0 spiro atoms. The Kier molecular flexibility index (Phi) is 4.02. The van der Waals surface area contributed by atoms with Gasteiger partial charge in [0.05, 0.1) is 5.69 Å². The molecule has 2 rings (SSSR count). The van der Waals surface area contributed by atoms with Crippen LogP contribution in [0.15, 0.2) is 22.7 Å². The monoisotopic (exact) mass is 353 g/mol. The number of anilines is 1. The Bertz CT molecular complexity index is 606. The van der Waals surface area contributed by atoms with Gasteiger partial charge in [-0.15, -0.1) is 0 Å². The second-order valence-corrected chi connectivity index (χ2v) is 7.34. The molecule has 114 valence electrons. The first kappa shape index (κ1) is 16.2. The van der Waals surface area contributed by atoms with Crippen molar-refractivity contribution in [3.05, 3.63) is 28.2 Å². The van der Waals surface area contributed by atoms with E-state index in [0.717, 1.165) is 4.47 Å². The van der Waals surface area contributed by atoms with E-state index in [9.17, 15) is 14.7 Å². The largest absolute Gasteiger partial charge is 0.375 e. The molecule has 1 aromatic carbocycles. The van der Waals surface area contributed by atoms with Crippen LogP contribution in [0.3, 0.4) is 0 Å². The van der Waals surface area contributed by atoms with Gasteiger partial charge in [0.2, 0.25) is 0 Å². The molecule has 1 N–H and O–H groups in total. The minimum absolute atomic E-state index is 0.137. The van der Waals surface area contributed by atoms with Crippen LogP contribution >= 0.6 is 15.9 Å². The first-order chi connectivity index (χ1) is 9.61. The van der Waals surface area contributed by atoms with Crippen LogP contribution in [0, 0.1) is 5.41 Å². The first-order valence-electron chi connectivity index (χ1n) is 6.99. The van der Waals surface area contributed by atoms with E-state index in [-0.39, 0.29) is 12.2 Å². The minimum Gasteiger partial charge on any atom is -0.375 e. The molecule has 1 aromatic rings. The molecule has 0 radical (unpaired) electrons. The molecule has 0 bridgehead atoms. The van der Waals surface area contributed by atoms with Crippen LogP contribution in [0.2, 0.25) is 0 Å². The van der Waals surface area contributed by atoms with E-state index >= 15 is 0 Å². The normalized spacial score (nSPS) is 21.6. The van der Waals surface area contributed by atoms with Crippen molar-refractivity contribution in [3.8, 4) is 0 Å². The fraction of sp³-hybridized carbons (Fsp3) is 0.500. The number of hydrogen-bond acceptors (Lipinski definition) is 3. The van der Waals surface area contributed by atoms with Crippen molar-refractivity contribution in [1.82, 2.24) is 0 Å². The molecule has 1 atom stereocenters. The van der Waals surface area contributed by atoms with Crippen LogP contribution in [0.25, 0.3) is 0 Å². The van der Waals surface area contributed by atoms with Gasteiger partial charge in [-0.3, -0.25) is 9.59 Å². The smallest absolute Gasteiger partial charge is 0.264 e. The number of carbonyl (C=O) groups excluding carboxylic acids is 2.